The number of carbonyl (C=O) groups excluding carboxylic acids is 1. The van der Waals surface area contributed by atoms with Crippen molar-refractivity contribution in [2.75, 3.05) is 11.1 Å². The summed E-state index contributed by atoms with van der Waals surface area (Å²) in [5.74, 6) is -1.43. The molecule has 0 aromatic heterocycles. The van der Waals surface area contributed by atoms with Gasteiger partial charge in [-0.2, -0.15) is 0 Å². The molecule has 0 aliphatic heterocycles. The number of carbonyl (C=O) groups is 1. The Morgan fingerprint density at radius 1 is 1.14 bits per heavy atom. The summed E-state index contributed by atoms with van der Waals surface area (Å²) in [4.78, 5) is 11.7. The highest BCUT2D eigenvalue weighted by Crippen LogP contribution is 2.18. The first kappa shape index (κ1) is 15.5. The molecule has 2 aromatic rings. The van der Waals surface area contributed by atoms with Crippen LogP contribution in [0, 0.1) is 18.6 Å². The first-order chi connectivity index (χ1) is 10.1. The van der Waals surface area contributed by atoms with Gasteiger partial charge in [0.1, 0.15) is 0 Å². The van der Waals surface area contributed by atoms with E-state index in [2.05, 4.69) is 5.32 Å². The maximum atomic E-state index is 13.4. The highest BCUT2D eigenvalue weighted by Gasteiger charge is 2.09. The number of nitrogens with one attached hydrogen (secondary N) is 1. The molecule has 0 spiro atoms. The van der Waals surface area contributed by atoms with E-state index in [0.29, 0.717) is 0 Å². The summed E-state index contributed by atoms with van der Waals surface area (Å²) in [6, 6.07) is 11.5. The molecule has 1 amide bonds. The van der Waals surface area contributed by atoms with Crippen LogP contribution in [0.25, 0.3) is 0 Å². The lowest BCUT2D eigenvalue weighted by Crippen LogP contribution is -2.14. The molecular formula is C16H15F2NOS. The van der Waals surface area contributed by atoms with Crippen LogP contribution < -0.4 is 5.32 Å². The van der Waals surface area contributed by atoms with Crippen LogP contribution in [0.2, 0.25) is 0 Å². The summed E-state index contributed by atoms with van der Waals surface area (Å²) in [7, 11) is 0. The molecule has 5 heteroatoms. The molecule has 2 nitrogen and oxygen atoms in total. The Bertz CT molecular complexity index is 629. The molecule has 0 heterocycles. The molecule has 0 saturated carbocycles. The van der Waals surface area contributed by atoms with E-state index in [1.807, 2.05) is 31.2 Å². The number of aryl methyl sites for hydroxylation is 1. The van der Waals surface area contributed by atoms with Gasteiger partial charge in [0.25, 0.3) is 0 Å². The molecule has 0 bridgehead atoms. The molecule has 110 valence electrons. The van der Waals surface area contributed by atoms with Crippen LogP contribution >= 0.6 is 11.8 Å². The Hall–Kier alpha value is -1.88. The van der Waals surface area contributed by atoms with E-state index < -0.39 is 11.6 Å². The van der Waals surface area contributed by atoms with Gasteiger partial charge in [-0.25, -0.2) is 8.78 Å². The molecule has 0 radical (unpaired) electrons. The van der Waals surface area contributed by atoms with Crippen LogP contribution in [-0.4, -0.2) is 11.7 Å². The van der Waals surface area contributed by atoms with E-state index in [-0.39, 0.29) is 23.0 Å². The second-order valence-corrected chi connectivity index (χ2v) is 5.61. The summed E-state index contributed by atoms with van der Waals surface area (Å²) < 4.78 is 26.4. The highest BCUT2D eigenvalue weighted by atomic mass is 32.2. The van der Waals surface area contributed by atoms with Crippen molar-refractivity contribution in [2.24, 2.45) is 0 Å². The average Bonchev–Trinajstić information content (AvgIpc) is 2.46. The first-order valence-electron chi connectivity index (χ1n) is 6.43. The van der Waals surface area contributed by atoms with Gasteiger partial charge in [-0.3, -0.25) is 4.79 Å². The maximum absolute atomic E-state index is 13.4. The van der Waals surface area contributed by atoms with E-state index in [4.69, 9.17) is 0 Å². The third-order valence-electron chi connectivity index (χ3n) is 2.86. The van der Waals surface area contributed by atoms with Gasteiger partial charge >= 0.3 is 0 Å². The normalized spacial score (nSPS) is 10.4. The second-order valence-electron chi connectivity index (χ2n) is 4.62. The Kier molecular flexibility index (Phi) is 5.33. The Morgan fingerprint density at radius 3 is 2.57 bits per heavy atom. The molecule has 0 atom stereocenters. The Morgan fingerprint density at radius 2 is 1.86 bits per heavy atom. The zero-order valence-corrected chi connectivity index (χ0v) is 12.3. The number of hydrogen-bond acceptors (Lipinski definition) is 2. The minimum atomic E-state index is -0.864. The first-order valence-corrected chi connectivity index (χ1v) is 7.59. The van der Waals surface area contributed by atoms with E-state index in [0.717, 1.165) is 17.3 Å². The van der Waals surface area contributed by atoms with Gasteiger partial charge in [0.05, 0.1) is 5.75 Å². The van der Waals surface area contributed by atoms with Crippen LogP contribution in [0.4, 0.5) is 14.5 Å². The minimum Gasteiger partial charge on any atom is -0.325 e. The van der Waals surface area contributed by atoms with Crippen LogP contribution in [0.1, 0.15) is 11.1 Å². The zero-order valence-electron chi connectivity index (χ0n) is 11.5. The maximum Gasteiger partial charge on any atom is 0.234 e. The van der Waals surface area contributed by atoms with Crippen molar-refractivity contribution >= 4 is 23.4 Å². The quantitative estimate of drug-likeness (QED) is 0.899. The smallest absolute Gasteiger partial charge is 0.234 e. The van der Waals surface area contributed by atoms with Crippen LogP contribution in [0.5, 0.6) is 0 Å². The van der Waals surface area contributed by atoms with Crippen molar-refractivity contribution in [2.45, 2.75) is 12.7 Å². The number of halogens is 2. The van der Waals surface area contributed by atoms with E-state index in [1.54, 1.807) is 0 Å². The third kappa shape index (κ3) is 4.56. The monoisotopic (exact) mass is 307 g/mol. The second kappa shape index (κ2) is 7.22. The molecule has 0 saturated heterocycles. The summed E-state index contributed by atoms with van der Waals surface area (Å²) in [5.41, 5.74) is 2.11. The lowest BCUT2D eigenvalue weighted by Gasteiger charge is -2.06. The minimum absolute atomic E-state index is 0.166. The van der Waals surface area contributed by atoms with Crippen LogP contribution in [0.15, 0.2) is 42.5 Å². The Balaban J connectivity index is 1.81. The lowest BCUT2D eigenvalue weighted by atomic mass is 10.2. The van der Waals surface area contributed by atoms with Crippen molar-refractivity contribution in [3.05, 3.63) is 65.2 Å². The molecule has 1 N–H and O–H groups in total. The summed E-state index contributed by atoms with van der Waals surface area (Å²) in [6.45, 7) is 1.97. The number of anilines is 1. The molecule has 0 fully saturated rings. The van der Waals surface area contributed by atoms with E-state index in [9.17, 15) is 13.6 Å². The molecule has 2 rings (SSSR count). The largest absolute Gasteiger partial charge is 0.325 e. The van der Waals surface area contributed by atoms with E-state index >= 15 is 0 Å². The van der Waals surface area contributed by atoms with Crippen molar-refractivity contribution in [3.8, 4) is 0 Å². The fraction of sp³-hybridized carbons (Fsp3) is 0.188. The predicted octanol–water partition coefficient (Wildman–Crippen LogP) is 4.15. The Labute approximate surface area is 126 Å². The fourth-order valence-corrected chi connectivity index (χ4v) is 2.55. The van der Waals surface area contributed by atoms with Gasteiger partial charge < -0.3 is 5.32 Å². The van der Waals surface area contributed by atoms with Gasteiger partial charge in [0.15, 0.2) is 11.6 Å². The zero-order chi connectivity index (χ0) is 15.2. The van der Waals surface area contributed by atoms with Crippen molar-refractivity contribution < 1.29 is 13.6 Å². The van der Waals surface area contributed by atoms with Gasteiger partial charge in [-0.15, -0.1) is 11.8 Å². The van der Waals surface area contributed by atoms with Gasteiger partial charge in [-0.1, -0.05) is 29.8 Å². The molecule has 2 aromatic carbocycles. The topological polar surface area (TPSA) is 29.1 Å². The number of benzene rings is 2. The highest BCUT2D eigenvalue weighted by molar-refractivity contribution is 7.99. The number of hydrogen-bond donors (Lipinski definition) is 1. The van der Waals surface area contributed by atoms with Gasteiger partial charge in [0.2, 0.25) is 5.91 Å². The third-order valence-corrected chi connectivity index (χ3v) is 3.84. The van der Waals surface area contributed by atoms with Crippen molar-refractivity contribution in [1.29, 1.82) is 0 Å². The molecular weight excluding hydrogens is 292 g/mol. The predicted molar refractivity (Wildman–Crippen MR) is 82.3 cm³/mol. The van der Waals surface area contributed by atoms with Crippen LogP contribution in [-0.2, 0) is 10.5 Å². The number of thioether (sulfide) groups is 1. The summed E-state index contributed by atoms with van der Waals surface area (Å²) >= 11 is 1.24. The SMILES string of the molecule is Cc1ccc(NC(=O)CSCc2cccc(F)c2F)cc1. The number of amides is 1. The molecule has 0 unspecified atom stereocenters. The van der Waals surface area contributed by atoms with Crippen molar-refractivity contribution in [1.82, 2.24) is 0 Å². The molecule has 21 heavy (non-hydrogen) atoms. The summed E-state index contributed by atoms with van der Waals surface area (Å²) in [6.07, 6.45) is 0. The van der Waals surface area contributed by atoms with E-state index in [1.165, 1.54) is 23.9 Å². The lowest BCUT2D eigenvalue weighted by molar-refractivity contribution is -0.113. The molecule has 0 aliphatic rings. The van der Waals surface area contributed by atoms with Gasteiger partial charge in [-0.05, 0) is 25.1 Å². The van der Waals surface area contributed by atoms with Crippen LogP contribution in [0.3, 0.4) is 0 Å². The fourth-order valence-electron chi connectivity index (χ4n) is 1.75. The standard InChI is InChI=1S/C16H15F2NOS/c1-11-5-7-13(8-6-11)19-15(20)10-21-9-12-3-2-4-14(17)16(12)18/h2-8H,9-10H2,1H3,(H,19,20). The molecule has 0 aliphatic carbocycles. The average molecular weight is 307 g/mol. The van der Waals surface area contributed by atoms with Gasteiger partial charge in [0, 0.05) is 17.0 Å². The summed E-state index contributed by atoms with van der Waals surface area (Å²) in [5, 5.41) is 2.75. The van der Waals surface area contributed by atoms with Crippen molar-refractivity contribution in [3.63, 3.8) is 0 Å². The number of rotatable bonds is 5.